The predicted molar refractivity (Wildman–Crippen MR) is 50.9 cm³/mol. The number of hydrogen-bond donors (Lipinski definition) is 0. The molecule has 68 valence electrons. The van der Waals surface area contributed by atoms with E-state index in [1.54, 1.807) is 0 Å². The van der Waals surface area contributed by atoms with Gasteiger partial charge in [0.2, 0.25) is 0 Å². The Bertz CT molecular complexity index is 181. The monoisotopic (exact) mass is 166 g/mol. The van der Waals surface area contributed by atoms with E-state index in [0.29, 0.717) is 0 Å². The van der Waals surface area contributed by atoms with Crippen molar-refractivity contribution in [3.8, 4) is 11.8 Å². The lowest BCUT2D eigenvalue weighted by Crippen LogP contribution is -2.00. The van der Waals surface area contributed by atoms with E-state index in [1.807, 2.05) is 0 Å². The van der Waals surface area contributed by atoms with Gasteiger partial charge < -0.3 is 4.74 Å². The Hall–Kier alpha value is -0.480. The fourth-order valence-electron chi connectivity index (χ4n) is 1.03. The molecule has 0 amide bonds. The molecule has 0 aromatic rings. The van der Waals surface area contributed by atoms with Crippen molar-refractivity contribution >= 4 is 0 Å². The highest BCUT2D eigenvalue weighted by atomic mass is 16.6. The third kappa shape index (κ3) is 3.78. The van der Waals surface area contributed by atoms with E-state index in [1.165, 1.54) is 19.3 Å². The van der Waals surface area contributed by atoms with Crippen molar-refractivity contribution in [2.24, 2.45) is 0 Å². The molecule has 1 heterocycles. The molecular formula is C11H18O. The van der Waals surface area contributed by atoms with E-state index in [4.69, 9.17) is 4.74 Å². The van der Waals surface area contributed by atoms with Crippen LogP contribution in [0.1, 0.15) is 46.0 Å². The lowest BCUT2D eigenvalue weighted by molar-refractivity contribution is 0.328. The van der Waals surface area contributed by atoms with E-state index >= 15 is 0 Å². The molecule has 1 unspecified atom stereocenters. The van der Waals surface area contributed by atoms with E-state index < -0.39 is 0 Å². The van der Waals surface area contributed by atoms with Crippen molar-refractivity contribution in [1.82, 2.24) is 0 Å². The normalized spacial score (nSPS) is 26.2. The van der Waals surface area contributed by atoms with Crippen LogP contribution in [0.15, 0.2) is 0 Å². The summed E-state index contributed by atoms with van der Waals surface area (Å²) in [6.07, 6.45) is 5.81. The van der Waals surface area contributed by atoms with Gasteiger partial charge in [0.25, 0.3) is 0 Å². The van der Waals surface area contributed by atoms with Crippen LogP contribution < -0.4 is 0 Å². The molecule has 0 saturated carbocycles. The first-order valence-corrected chi connectivity index (χ1v) is 4.86. The molecule has 1 saturated heterocycles. The van der Waals surface area contributed by atoms with Gasteiger partial charge in [-0.1, -0.05) is 19.8 Å². The summed E-state index contributed by atoms with van der Waals surface area (Å²) < 4.78 is 5.22. The lowest BCUT2D eigenvalue weighted by atomic mass is 10.1. The Balaban J connectivity index is 1.97. The maximum Gasteiger partial charge on any atom is 0.0997 e. The van der Waals surface area contributed by atoms with Gasteiger partial charge in [0, 0.05) is 12.8 Å². The second-order valence-electron chi connectivity index (χ2n) is 3.73. The van der Waals surface area contributed by atoms with E-state index in [2.05, 4.69) is 25.7 Å². The van der Waals surface area contributed by atoms with Gasteiger partial charge in [0.15, 0.2) is 0 Å². The van der Waals surface area contributed by atoms with Gasteiger partial charge in [-0.25, -0.2) is 0 Å². The summed E-state index contributed by atoms with van der Waals surface area (Å²) in [4.78, 5) is 0. The zero-order valence-electron chi connectivity index (χ0n) is 8.15. The van der Waals surface area contributed by atoms with Gasteiger partial charge in [-0.3, -0.25) is 0 Å². The zero-order valence-corrected chi connectivity index (χ0v) is 8.15. The molecule has 1 aliphatic rings. The third-order valence-electron chi connectivity index (χ3n) is 2.13. The average molecular weight is 166 g/mol. The minimum absolute atomic E-state index is 0.123. The van der Waals surface area contributed by atoms with E-state index in [0.717, 1.165) is 19.4 Å². The van der Waals surface area contributed by atoms with Gasteiger partial charge in [-0.15, -0.1) is 11.8 Å². The fourth-order valence-corrected chi connectivity index (χ4v) is 1.03. The first-order valence-electron chi connectivity index (χ1n) is 4.86. The van der Waals surface area contributed by atoms with Crippen LogP contribution in [0.3, 0.4) is 0 Å². The summed E-state index contributed by atoms with van der Waals surface area (Å²) in [6.45, 7) is 5.23. The molecule has 0 bridgehead atoms. The number of ether oxygens (including phenoxy) is 1. The van der Waals surface area contributed by atoms with Crippen LogP contribution in [-0.4, -0.2) is 12.2 Å². The van der Waals surface area contributed by atoms with Crippen LogP contribution >= 0.6 is 0 Å². The Morgan fingerprint density at radius 1 is 1.33 bits per heavy atom. The number of rotatable bonds is 4. The number of hydrogen-bond acceptors (Lipinski definition) is 1. The topological polar surface area (TPSA) is 12.5 Å². The summed E-state index contributed by atoms with van der Waals surface area (Å²) in [5.41, 5.74) is 0.123. The SMILES string of the molecule is CCCCCC#CCC1(C)CO1. The lowest BCUT2D eigenvalue weighted by Gasteiger charge is -1.94. The van der Waals surface area contributed by atoms with Gasteiger partial charge >= 0.3 is 0 Å². The van der Waals surface area contributed by atoms with Crippen molar-refractivity contribution in [3.05, 3.63) is 0 Å². The molecule has 0 N–H and O–H groups in total. The first kappa shape index (κ1) is 9.61. The fraction of sp³-hybridized carbons (Fsp3) is 0.818. The zero-order chi connectivity index (χ0) is 8.86. The summed E-state index contributed by atoms with van der Waals surface area (Å²) >= 11 is 0. The van der Waals surface area contributed by atoms with E-state index in [-0.39, 0.29) is 5.60 Å². The highest BCUT2D eigenvalue weighted by molar-refractivity contribution is 5.06. The smallest absolute Gasteiger partial charge is 0.0997 e. The molecule has 1 nitrogen and oxygen atoms in total. The molecule has 1 aliphatic heterocycles. The van der Waals surface area contributed by atoms with E-state index in [9.17, 15) is 0 Å². The molecule has 1 rings (SSSR count). The summed E-state index contributed by atoms with van der Waals surface area (Å²) in [5, 5.41) is 0. The van der Waals surface area contributed by atoms with Crippen LogP contribution in [0.2, 0.25) is 0 Å². The standard InChI is InChI=1S/C11H18O/c1-3-4-5-6-7-8-9-11(2)10-12-11/h3-6,9-10H2,1-2H3. The van der Waals surface area contributed by atoms with Crippen LogP contribution in [0.5, 0.6) is 0 Å². The van der Waals surface area contributed by atoms with Crippen molar-refractivity contribution in [3.63, 3.8) is 0 Å². The van der Waals surface area contributed by atoms with Crippen LogP contribution in [0.4, 0.5) is 0 Å². The molecular weight excluding hydrogens is 148 g/mol. The minimum Gasteiger partial charge on any atom is -0.369 e. The van der Waals surface area contributed by atoms with Gasteiger partial charge in [0.1, 0.15) is 0 Å². The second kappa shape index (κ2) is 4.52. The number of unbranched alkanes of at least 4 members (excludes halogenated alkanes) is 3. The van der Waals surface area contributed by atoms with Gasteiger partial charge in [0.05, 0.1) is 12.2 Å². The van der Waals surface area contributed by atoms with Crippen LogP contribution in [-0.2, 0) is 4.74 Å². The summed E-state index contributed by atoms with van der Waals surface area (Å²) in [6, 6.07) is 0. The summed E-state index contributed by atoms with van der Waals surface area (Å²) in [7, 11) is 0. The van der Waals surface area contributed by atoms with Crippen LogP contribution in [0, 0.1) is 11.8 Å². The maximum absolute atomic E-state index is 5.22. The largest absolute Gasteiger partial charge is 0.369 e. The Kier molecular flexibility index (Phi) is 3.62. The van der Waals surface area contributed by atoms with Crippen molar-refractivity contribution in [2.75, 3.05) is 6.61 Å². The number of epoxide rings is 1. The predicted octanol–water partition coefficient (Wildman–Crippen LogP) is 2.75. The van der Waals surface area contributed by atoms with Gasteiger partial charge in [-0.2, -0.15) is 0 Å². The Labute approximate surface area is 75.5 Å². The van der Waals surface area contributed by atoms with Crippen molar-refractivity contribution in [2.45, 2.75) is 51.6 Å². The Morgan fingerprint density at radius 3 is 2.67 bits per heavy atom. The molecule has 1 fully saturated rings. The minimum atomic E-state index is 0.123. The molecule has 0 radical (unpaired) electrons. The molecule has 0 aromatic heterocycles. The first-order chi connectivity index (χ1) is 5.77. The highest BCUT2D eigenvalue weighted by Crippen LogP contribution is 2.28. The highest BCUT2D eigenvalue weighted by Gasteiger charge is 2.37. The quantitative estimate of drug-likeness (QED) is 0.355. The molecule has 1 heteroatoms. The van der Waals surface area contributed by atoms with Crippen LogP contribution in [0.25, 0.3) is 0 Å². The maximum atomic E-state index is 5.22. The molecule has 0 aliphatic carbocycles. The van der Waals surface area contributed by atoms with Gasteiger partial charge in [-0.05, 0) is 13.3 Å². The average Bonchev–Trinajstić information content (AvgIpc) is 2.77. The molecule has 1 atom stereocenters. The second-order valence-corrected chi connectivity index (χ2v) is 3.73. The Morgan fingerprint density at radius 2 is 2.08 bits per heavy atom. The third-order valence-corrected chi connectivity index (χ3v) is 2.13. The van der Waals surface area contributed by atoms with Crippen molar-refractivity contribution in [1.29, 1.82) is 0 Å². The molecule has 0 aromatic carbocycles. The molecule has 12 heavy (non-hydrogen) atoms. The van der Waals surface area contributed by atoms with Crippen molar-refractivity contribution < 1.29 is 4.74 Å². The summed E-state index contributed by atoms with van der Waals surface area (Å²) in [5.74, 6) is 6.36. The molecule has 0 spiro atoms.